The van der Waals surface area contributed by atoms with E-state index in [4.69, 9.17) is 32.5 Å². The van der Waals surface area contributed by atoms with Crippen LogP contribution >= 0.6 is 23.2 Å². The number of hydrogen-bond acceptors (Lipinski definition) is 7. The minimum absolute atomic E-state index is 0.324. The summed E-state index contributed by atoms with van der Waals surface area (Å²) in [5.74, 6) is 1.55. The van der Waals surface area contributed by atoms with Crippen molar-refractivity contribution in [2.24, 2.45) is 5.92 Å². The van der Waals surface area contributed by atoms with E-state index in [1.54, 1.807) is 0 Å². The first-order valence-electron chi connectivity index (χ1n) is 14.3. The van der Waals surface area contributed by atoms with Crippen LogP contribution in [0.4, 0.5) is 5.69 Å². The van der Waals surface area contributed by atoms with E-state index in [0.717, 1.165) is 64.8 Å². The molecule has 4 aromatic rings. The normalized spacial score (nSPS) is 21.2. The zero-order valence-electron chi connectivity index (χ0n) is 23.4. The van der Waals surface area contributed by atoms with Crippen molar-refractivity contribution in [3.05, 3.63) is 81.5 Å². The van der Waals surface area contributed by atoms with Crippen LogP contribution in [-0.4, -0.2) is 36.9 Å². The third-order valence-corrected chi connectivity index (χ3v) is 9.00. The summed E-state index contributed by atoms with van der Waals surface area (Å²) in [6.45, 7) is 5.57. The first-order chi connectivity index (χ1) is 20.0. The van der Waals surface area contributed by atoms with Gasteiger partial charge in [-0.05, 0) is 66.4 Å². The van der Waals surface area contributed by atoms with Crippen molar-refractivity contribution >= 4 is 45.6 Å². The number of hydrogen-bond donors (Lipinski definition) is 2. The molecular weight excluding hydrogens is 559 g/mol. The second-order valence-electron chi connectivity index (χ2n) is 10.7. The average Bonchev–Trinajstić information content (AvgIpc) is 3.67. The fraction of sp³-hybridized carbons (Fsp3) is 0.375. The smallest absolute Gasteiger partial charge is 0.337 e. The highest BCUT2D eigenvalue weighted by molar-refractivity contribution is 6.39. The number of hydrazine groups is 1. The van der Waals surface area contributed by atoms with Gasteiger partial charge in [-0.25, -0.2) is 10.2 Å². The average molecular weight is 594 g/mol. The third kappa shape index (κ3) is 5.21. The van der Waals surface area contributed by atoms with Crippen molar-refractivity contribution in [1.29, 1.82) is 0 Å². The molecular formula is C32H34Cl2N4O3. The van der Waals surface area contributed by atoms with Crippen molar-refractivity contribution in [1.82, 2.24) is 15.9 Å². The van der Waals surface area contributed by atoms with Crippen LogP contribution in [0, 0.1) is 5.92 Å². The molecule has 9 heteroatoms. The SMILES string of the molecule is CC.COC(=O)c1ccc2cc(N3NCC4C(NCc5c(-c6c(Cl)cccc6Cl)noc5C5CC5)CC43)ccc2c1. The first-order valence-corrected chi connectivity index (χ1v) is 15.1. The molecule has 2 aliphatic carbocycles. The molecule has 1 saturated heterocycles. The van der Waals surface area contributed by atoms with Crippen LogP contribution in [0.3, 0.4) is 0 Å². The maximum absolute atomic E-state index is 11.9. The number of nitrogens with one attached hydrogen (secondary N) is 2. The highest BCUT2D eigenvalue weighted by atomic mass is 35.5. The molecule has 0 bridgehead atoms. The van der Waals surface area contributed by atoms with Crippen LogP contribution in [0.25, 0.3) is 22.0 Å². The van der Waals surface area contributed by atoms with Gasteiger partial charge in [0.15, 0.2) is 0 Å². The summed E-state index contributed by atoms with van der Waals surface area (Å²) in [6.07, 6.45) is 3.28. The molecule has 0 radical (unpaired) electrons. The van der Waals surface area contributed by atoms with Gasteiger partial charge in [0.25, 0.3) is 0 Å². The van der Waals surface area contributed by atoms with E-state index in [2.05, 4.69) is 39.1 Å². The highest BCUT2D eigenvalue weighted by Crippen LogP contribution is 2.46. The maximum Gasteiger partial charge on any atom is 0.337 e. The Balaban J connectivity index is 0.00000148. The number of carbonyl (C=O) groups excluding carboxylic acids is 1. The molecule has 2 saturated carbocycles. The summed E-state index contributed by atoms with van der Waals surface area (Å²) in [5, 5.41) is 13.8. The summed E-state index contributed by atoms with van der Waals surface area (Å²) in [7, 11) is 1.40. The van der Waals surface area contributed by atoms with E-state index in [1.165, 1.54) is 7.11 Å². The lowest BCUT2D eigenvalue weighted by Gasteiger charge is -2.43. The Morgan fingerprint density at radius 1 is 1.10 bits per heavy atom. The third-order valence-electron chi connectivity index (χ3n) is 8.37. The number of esters is 1. The summed E-state index contributed by atoms with van der Waals surface area (Å²) in [6, 6.07) is 18.3. The number of rotatable bonds is 7. The summed E-state index contributed by atoms with van der Waals surface area (Å²) >= 11 is 13.1. The zero-order chi connectivity index (χ0) is 28.7. The van der Waals surface area contributed by atoms with Gasteiger partial charge in [0.05, 0.1) is 34.4 Å². The Labute approximate surface area is 250 Å². The Morgan fingerprint density at radius 3 is 2.56 bits per heavy atom. The molecule has 41 heavy (non-hydrogen) atoms. The molecule has 3 fully saturated rings. The second kappa shape index (κ2) is 11.6. The van der Waals surface area contributed by atoms with Gasteiger partial charge in [0, 0.05) is 42.1 Å². The lowest BCUT2D eigenvalue weighted by atomic mass is 9.75. The van der Waals surface area contributed by atoms with E-state index in [-0.39, 0.29) is 5.97 Å². The molecule has 214 valence electrons. The fourth-order valence-corrected chi connectivity index (χ4v) is 6.61. The van der Waals surface area contributed by atoms with Gasteiger partial charge < -0.3 is 19.6 Å². The van der Waals surface area contributed by atoms with Gasteiger partial charge >= 0.3 is 5.97 Å². The van der Waals surface area contributed by atoms with Gasteiger partial charge in [-0.1, -0.05) is 60.4 Å². The minimum atomic E-state index is -0.324. The van der Waals surface area contributed by atoms with Gasteiger partial charge in [0.1, 0.15) is 11.5 Å². The Kier molecular flexibility index (Phi) is 7.97. The number of anilines is 1. The van der Waals surface area contributed by atoms with Crippen LogP contribution in [0.2, 0.25) is 10.0 Å². The van der Waals surface area contributed by atoms with Crippen LogP contribution in [0.5, 0.6) is 0 Å². The Bertz CT molecular complexity index is 1560. The van der Waals surface area contributed by atoms with Crippen LogP contribution < -0.4 is 15.8 Å². The molecule has 3 aliphatic rings. The van der Waals surface area contributed by atoms with E-state index < -0.39 is 0 Å². The lowest BCUT2D eigenvalue weighted by Crippen LogP contribution is -2.56. The predicted molar refractivity (Wildman–Crippen MR) is 164 cm³/mol. The monoisotopic (exact) mass is 592 g/mol. The number of nitrogens with zero attached hydrogens (tertiary/aromatic N) is 2. The molecule has 7 rings (SSSR count). The van der Waals surface area contributed by atoms with Crippen molar-refractivity contribution in [3.8, 4) is 11.3 Å². The molecule has 0 amide bonds. The molecule has 0 spiro atoms. The molecule has 2 heterocycles. The van der Waals surface area contributed by atoms with Gasteiger partial charge in [-0.3, -0.25) is 0 Å². The predicted octanol–water partition coefficient (Wildman–Crippen LogP) is 7.36. The standard InChI is InChI=1S/C30H28Cl2N4O3.C2H6/c1-38-30(37)19-8-7-18-12-20(10-9-17(18)11-19)36-26-13-25(21(26)15-34-36)33-14-22-28(35-39-29(22)16-5-6-16)27-23(31)3-2-4-24(27)32;1-2/h2-4,7-12,16,21,25-26,33-34H,5-6,13-15H2,1H3;1-2H3. The zero-order valence-corrected chi connectivity index (χ0v) is 24.9. The van der Waals surface area contributed by atoms with Crippen LogP contribution in [0.1, 0.15) is 60.7 Å². The van der Waals surface area contributed by atoms with Crippen molar-refractivity contribution in [2.75, 3.05) is 18.7 Å². The summed E-state index contributed by atoms with van der Waals surface area (Å²) in [5.41, 5.74) is 7.85. The number of halogens is 2. The largest absolute Gasteiger partial charge is 0.465 e. The Hall–Kier alpha value is -3.10. The van der Waals surface area contributed by atoms with Crippen molar-refractivity contribution in [2.45, 2.75) is 57.7 Å². The number of ether oxygens (including phenoxy) is 1. The first kappa shape index (κ1) is 28.0. The highest BCUT2D eigenvalue weighted by Gasteiger charge is 2.48. The maximum atomic E-state index is 11.9. The topological polar surface area (TPSA) is 79.6 Å². The number of methoxy groups -OCH3 is 1. The molecule has 2 N–H and O–H groups in total. The van der Waals surface area contributed by atoms with Crippen molar-refractivity contribution < 1.29 is 14.1 Å². The molecule has 1 aliphatic heterocycles. The van der Waals surface area contributed by atoms with E-state index in [1.807, 2.05) is 50.2 Å². The van der Waals surface area contributed by atoms with E-state index >= 15 is 0 Å². The fourth-order valence-electron chi connectivity index (χ4n) is 6.04. The molecule has 3 aromatic carbocycles. The van der Waals surface area contributed by atoms with Gasteiger partial charge in [-0.15, -0.1) is 0 Å². The Morgan fingerprint density at radius 2 is 1.83 bits per heavy atom. The van der Waals surface area contributed by atoms with Gasteiger partial charge in [0.2, 0.25) is 0 Å². The van der Waals surface area contributed by atoms with E-state index in [0.29, 0.717) is 46.1 Å². The molecule has 7 nitrogen and oxygen atoms in total. The summed E-state index contributed by atoms with van der Waals surface area (Å²) in [4.78, 5) is 11.9. The number of benzene rings is 3. The van der Waals surface area contributed by atoms with E-state index in [9.17, 15) is 4.79 Å². The lowest BCUT2D eigenvalue weighted by molar-refractivity contribution is 0.0601. The quantitative estimate of drug-likeness (QED) is 0.217. The molecule has 3 unspecified atom stereocenters. The van der Waals surface area contributed by atoms with Crippen LogP contribution in [0.15, 0.2) is 59.1 Å². The number of carbonyl (C=O) groups is 1. The summed E-state index contributed by atoms with van der Waals surface area (Å²) < 4.78 is 10.7. The number of fused-ring (bicyclic) bond motifs is 2. The van der Waals surface area contributed by atoms with Crippen LogP contribution in [-0.2, 0) is 11.3 Å². The molecule has 1 aromatic heterocycles. The minimum Gasteiger partial charge on any atom is -0.465 e. The second-order valence-corrected chi connectivity index (χ2v) is 11.5. The number of aromatic nitrogens is 1. The van der Waals surface area contributed by atoms with Gasteiger partial charge in [-0.2, -0.15) is 0 Å². The molecule has 3 atom stereocenters. The van der Waals surface area contributed by atoms with Crippen molar-refractivity contribution in [3.63, 3.8) is 0 Å².